The van der Waals surface area contributed by atoms with E-state index in [-0.39, 0.29) is 6.09 Å². The van der Waals surface area contributed by atoms with Crippen molar-refractivity contribution >= 4 is 23.6 Å². The van der Waals surface area contributed by atoms with Crippen molar-refractivity contribution in [3.05, 3.63) is 6.20 Å². The molecule has 1 aliphatic rings. The van der Waals surface area contributed by atoms with Gasteiger partial charge in [0.2, 0.25) is 0 Å². The summed E-state index contributed by atoms with van der Waals surface area (Å²) >= 11 is 1.20. The van der Waals surface area contributed by atoms with Gasteiger partial charge < -0.3 is 14.5 Å². The summed E-state index contributed by atoms with van der Waals surface area (Å²) < 4.78 is 13.5. The van der Waals surface area contributed by atoms with Gasteiger partial charge in [0, 0.05) is 26.2 Å². The molecule has 0 atom stereocenters. The molecule has 0 aliphatic carbocycles. The van der Waals surface area contributed by atoms with E-state index in [1.807, 2.05) is 20.8 Å². The molecule has 0 N–H and O–H groups in total. The average Bonchev–Trinajstić information content (AvgIpc) is 2.80. The second kappa shape index (κ2) is 5.09. The summed E-state index contributed by atoms with van der Waals surface area (Å²) in [5, 5.41) is 0. The summed E-state index contributed by atoms with van der Waals surface area (Å²) in [7, 11) is 0. The number of anilines is 1. The van der Waals surface area contributed by atoms with E-state index in [4.69, 9.17) is 4.74 Å². The molecular weight excluding hydrogens is 252 g/mol. The van der Waals surface area contributed by atoms with Crippen LogP contribution >= 0.6 is 11.7 Å². The fourth-order valence-corrected chi connectivity index (χ4v) is 2.18. The molecule has 1 aromatic rings. The Balaban J connectivity index is 1.85. The first-order chi connectivity index (χ1) is 8.46. The van der Waals surface area contributed by atoms with E-state index in [0.29, 0.717) is 13.1 Å². The minimum atomic E-state index is -0.437. The van der Waals surface area contributed by atoms with Gasteiger partial charge in [-0.05, 0) is 20.8 Å². The quantitative estimate of drug-likeness (QED) is 0.775. The van der Waals surface area contributed by atoms with Gasteiger partial charge in [0.1, 0.15) is 5.60 Å². The average molecular weight is 270 g/mol. The summed E-state index contributed by atoms with van der Waals surface area (Å²) in [4.78, 5) is 15.7. The van der Waals surface area contributed by atoms with E-state index in [1.165, 1.54) is 11.7 Å². The van der Waals surface area contributed by atoms with E-state index in [9.17, 15) is 4.79 Å². The SMILES string of the molecule is CC(C)(C)OC(=O)N1CCN(c2cnsn2)CC1. The van der Waals surface area contributed by atoms with Gasteiger partial charge in [-0.3, -0.25) is 0 Å². The Hall–Kier alpha value is -1.37. The third kappa shape index (κ3) is 3.32. The van der Waals surface area contributed by atoms with Crippen molar-refractivity contribution in [2.45, 2.75) is 26.4 Å². The number of rotatable bonds is 1. The van der Waals surface area contributed by atoms with Gasteiger partial charge in [-0.25, -0.2) is 4.79 Å². The minimum absolute atomic E-state index is 0.237. The highest BCUT2D eigenvalue weighted by molar-refractivity contribution is 6.99. The van der Waals surface area contributed by atoms with Gasteiger partial charge >= 0.3 is 6.09 Å². The van der Waals surface area contributed by atoms with Gasteiger partial charge in [0.25, 0.3) is 0 Å². The number of piperazine rings is 1. The molecule has 1 saturated heterocycles. The van der Waals surface area contributed by atoms with Crippen LogP contribution in [0.1, 0.15) is 20.8 Å². The van der Waals surface area contributed by atoms with E-state index in [2.05, 4.69) is 13.6 Å². The molecule has 1 fully saturated rings. The van der Waals surface area contributed by atoms with Crippen LogP contribution in [-0.2, 0) is 4.74 Å². The lowest BCUT2D eigenvalue weighted by atomic mass is 10.2. The van der Waals surface area contributed by atoms with Crippen molar-refractivity contribution in [1.82, 2.24) is 13.6 Å². The van der Waals surface area contributed by atoms with Gasteiger partial charge in [-0.2, -0.15) is 8.75 Å². The first-order valence-corrected chi connectivity index (χ1v) is 6.69. The molecule has 6 nitrogen and oxygen atoms in total. The topological polar surface area (TPSA) is 58.6 Å². The smallest absolute Gasteiger partial charge is 0.410 e. The van der Waals surface area contributed by atoms with Crippen LogP contribution in [0.2, 0.25) is 0 Å². The first kappa shape index (κ1) is 13.1. The van der Waals surface area contributed by atoms with Gasteiger partial charge in [-0.1, -0.05) is 0 Å². The molecule has 1 amide bonds. The van der Waals surface area contributed by atoms with Crippen LogP contribution in [0.3, 0.4) is 0 Å². The number of carbonyl (C=O) groups excluding carboxylic acids is 1. The lowest BCUT2D eigenvalue weighted by Gasteiger charge is -2.35. The van der Waals surface area contributed by atoms with E-state index >= 15 is 0 Å². The van der Waals surface area contributed by atoms with Crippen LogP contribution in [-0.4, -0.2) is 51.5 Å². The molecule has 18 heavy (non-hydrogen) atoms. The molecule has 0 spiro atoms. The van der Waals surface area contributed by atoms with Crippen LogP contribution in [0, 0.1) is 0 Å². The second-order valence-corrected chi connectivity index (χ2v) is 5.78. The van der Waals surface area contributed by atoms with Gasteiger partial charge in [0.15, 0.2) is 5.82 Å². The van der Waals surface area contributed by atoms with E-state index < -0.39 is 5.60 Å². The molecule has 0 radical (unpaired) electrons. The Morgan fingerprint density at radius 3 is 2.50 bits per heavy atom. The predicted molar refractivity (Wildman–Crippen MR) is 69.9 cm³/mol. The number of nitrogens with zero attached hydrogens (tertiary/aromatic N) is 4. The Bertz CT molecular complexity index is 394. The summed E-state index contributed by atoms with van der Waals surface area (Å²) in [6.07, 6.45) is 1.52. The molecule has 0 unspecified atom stereocenters. The summed E-state index contributed by atoms with van der Waals surface area (Å²) in [5.41, 5.74) is -0.437. The number of carbonyl (C=O) groups is 1. The summed E-state index contributed by atoms with van der Waals surface area (Å²) in [6.45, 7) is 8.49. The molecule has 2 heterocycles. The Morgan fingerprint density at radius 2 is 2.00 bits per heavy atom. The molecule has 0 bridgehead atoms. The van der Waals surface area contributed by atoms with Crippen molar-refractivity contribution < 1.29 is 9.53 Å². The highest BCUT2D eigenvalue weighted by Crippen LogP contribution is 2.15. The Kier molecular flexibility index (Phi) is 3.70. The zero-order valence-corrected chi connectivity index (χ0v) is 11.7. The van der Waals surface area contributed by atoms with Gasteiger partial charge in [0.05, 0.1) is 17.9 Å². The maximum atomic E-state index is 11.9. The molecule has 7 heteroatoms. The van der Waals surface area contributed by atoms with Crippen molar-refractivity contribution in [1.29, 1.82) is 0 Å². The van der Waals surface area contributed by atoms with Crippen molar-refractivity contribution in [2.24, 2.45) is 0 Å². The van der Waals surface area contributed by atoms with Gasteiger partial charge in [-0.15, -0.1) is 0 Å². The second-order valence-electron chi connectivity index (χ2n) is 5.22. The number of aromatic nitrogens is 2. The highest BCUT2D eigenvalue weighted by atomic mass is 32.1. The predicted octanol–water partition coefficient (Wildman–Crippen LogP) is 1.60. The highest BCUT2D eigenvalue weighted by Gasteiger charge is 2.26. The van der Waals surface area contributed by atoms with Crippen molar-refractivity contribution in [2.75, 3.05) is 31.1 Å². The largest absolute Gasteiger partial charge is 0.444 e. The first-order valence-electron chi connectivity index (χ1n) is 5.96. The molecule has 100 valence electrons. The van der Waals surface area contributed by atoms with E-state index in [1.54, 1.807) is 11.1 Å². The van der Waals surface area contributed by atoms with Crippen LogP contribution in [0.4, 0.5) is 10.6 Å². The maximum absolute atomic E-state index is 11.9. The molecular formula is C11H18N4O2S. The number of hydrogen-bond donors (Lipinski definition) is 0. The zero-order chi connectivity index (χ0) is 13.2. The number of ether oxygens (including phenoxy) is 1. The van der Waals surface area contributed by atoms with E-state index in [0.717, 1.165) is 18.9 Å². The van der Waals surface area contributed by atoms with Crippen molar-refractivity contribution in [3.63, 3.8) is 0 Å². The fraction of sp³-hybridized carbons (Fsp3) is 0.727. The Morgan fingerprint density at radius 1 is 1.33 bits per heavy atom. The Labute approximate surface area is 111 Å². The van der Waals surface area contributed by atoms with Crippen molar-refractivity contribution in [3.8, 4) is 0 Å². The molecule has 2 rings (SSSR count). The molecule has 0 aromatic carbocycles. The normalized spacial score (nSPS) is 16.8. The molecule has 1 aliphatic heterocycles. The molecule has 0 saturated carbocycles. The van der Waals surface area contributed by atoms with Crippen LogP contribution < -0.4 is 4.90 Å². The third-order valence-electron chi connectivity index (χ3n) is 2.61. The number of amides is 1. The van der Waals surface area contributed by atoms with Crippen LogP contribution in [0.15, 0.2) is 6.20 Å². The zero-order valence-electron chi connectivity index (χ0n) is 10.9. The lowest BCUT2D eigenvalue weighted by Crippen LogP contribution is -2.50. The fourth-order valence-electron chi connectivity index (χ4n) is 1.74. The standard InChI is InChI=1S/C11H18N4O2S/c1-11(2,3)17-10(16)15-6-4-14(5-7-15)9-8-12-18-13-9/h8H,4-7H2,1-3H3. The summed E-state index contributed by atoms with van der Waals surface area (Å²) in [6, 6.07) is 0. The maximum Gasteiger partial charge on any atom is 0.410 e. The lowest BCUT2D eigenvalue weighted by molar-refractivity contribution is 0.0240. The minimum Gasteiger partial charge on any atom is -0.444 e. The van der Waals surface area contributed by atoms with Crippen LogP contribution in [0.25, 0.3) is 0 Å². The number of hydrogen-bond acceptors (Lipinski definition) is 6. The molecule has 1 aromatic heterocycles. The summed E-state index contributed by atoms with van der Waals surface area (Å²) in [5.74, 6) is 0.892. The third-order valence-corrected chi connectivity index (χ3v) is 3.07. The van der Waals surface area contributed by atoms with Crippen LogP contribution in [0.5, 0.6) is 0 Å². The monoisotopic (exact) mass is 270 g/mol.